The normalized spacial score (nSPS) is 7.88. The van der Waals surface area contributed by atoms with E-state index < -0.39 is 0 Å². The Bertz CT molecular complexity index is 277. The van der Waals surface area contributed by atoms with E-state index in [9.17, 15) is 4.79 Å². The van der Waals surface area contributed by atoms with Crippen LogP contribution in [0.25, 0.3) is 0 Å². The summed E-state index contributed by atoms with van der Waals surface area (Å²) in [5, 5.41) is 0. The number of pyridine rings is 1. The van der Waals surface area contributed by atoms with Crippen LogP contribution in [0.1, 0.15) is 40.3 Å². The first kappa shape index (κ1) is 22.1. The van der Waals surface area contributed by atoms with Gasteiger partial charge in [0.15, 0.2) is 0 Å². The first-order chi connectivity index (χ1) is 7.56. The summed E-state index contributed by atoms with van der Waals surface area (Å²) in [4.78, 5) is 13.8. The zero-order valence-corrected chi connectivity index (χ0v) is 15.5. The van der Waals surface area contributed by atoms with Crippen molar-refractivity contribution >= 4 is 19.6 Å². The SMILES string of the molecule is CC.C[C-](C)C.[B]c1ccnc(C[C-]=O)c1.[U+2]. The summed E-state index contributed by atoms with van der Waals surface area (Å²) >= 11 is 0. The van der Waals surface area contributed by atoms with E-state index in [2.05, 4.69) is 25.8 Å². The third-order valence-corrected chi connectivity index (χ3v) is 1.09. The zero-order chi connectivity index (χ0) is 13.0. The summed E-state index contributed by atoms with van der Waals surface area (Å²) in [6.45, 7) is 10.3. The Balaban J connectivity index is -0.000000242. The predicted molar refractivity (Wildman–Crippen MR) is 70.6 cm³/mol. The van der Waals surface area contributed by atoms with E-state index >= 15 is 0 Å². The number of nitrogens with zero attached hydrogens (tertiary/aromatic N) is 1. The number of hydrogen-bond donors (Lipinski definition) is 0. The molecule has 2 nitrogen and oxygen atoms in total. The van der Waals surface area contributed by atoms with E-state index in [1.165, 1.54) is 5.92 Å². The van der Waals surface area contributed by atoms with Crippen LogP contribution in [0.5, 0.6) is 0 Å². The van der Waals surface area contributed by atoms with Gasteiger partial charge in [-0.05, 0) is 0 Å². The largest absolute Gasteiger partial charge is 2.00 e. The fourth-order valence-corrected chi connectivity index (χ4v) is 0.667. The molecule has 0 N–H and O–H groups in total. The minimum atomic E-state index is 0. The Morgan fingerprint density at radius 1 is 1.35 bits per heavy atom. The molecule has 0 spiro atoms. The molecular weight excluding hydrogens is 435 g/mol. The third-order valence-electron chi connectivity index (χ3n) is 1.09. The van der Waals surface area contributed by atoms with Gasteiger partial charge in [0.05, 0.1) is 0 Å². The molecule has 17 heavy (non-hydrogen) atoms. The van der Waals surface area contributed by atoms with Gasteiger partial charge in [0, 0.05) is 11.9 Å². The van der Waals surface area contributed by atoms with Gasteiger partial charge in [0.2, 0.25) is 0 Å². The molecule has 4 heteroatoms. The number of hydrogen-bond acceptors (Lipinski definition) is 2. The summed E-state index contributed by atoms with van der Waals surface area (Å²) < 4.78 is 0. The Kier molecular flexibility index (Phi) is 20.8. The van der Waals surface area contributed by atoms with E-state index in [0.717, 1.165) is 0 Å². The summed E-state index contributed by atoms with van der Waals surface area (Å²) in [6, 6.07) is 3.33. The van der Waals surface area contributed by atoms with E-state index in [1.807, 2.05) is 13.8 Å². The van der Waals surface area contributed by atoms with Crippen molar-refractivity contribution in [3.05, 3.63) is 29.9 Å². The Labute approximate surface area is 131 Å². The van der Waals surface area contributed by atoms with Crippen LogP contribution >= 0.6 is 0 Å². The molecule has 0 unspecified atom stereocenters. The minimum Gasteiger partial charge on any atom is -0.541 e. The molecule has 1 heterocycles. The molecule has 0 saturated heterocycles. The molecule has 1 aromatic rings. The van der Waals surface area contributed by atoms with Crippen molar-refractivity contribution in [2.45, 2.75) is 41.0 Å². The van der Waals surface area contributed by atoms with Crippen molar-refractivity contribution in [2.75, 3.05) is 0 Å². The summed E-state index contributed by atoms with van der Waals surface area (Å²) in [7, 11) is 5.42. The Morgan fingerprint density at radius 2 is 1.82 bits per heavy atom. The molecule has 0 bridgehead atoms. The molecule has 0 saturated carbocycles. The predicted octanol–water partition coefficient (Wildman–Crippen LogP) is 2.17. The van der Waals surface area contributed by atoms with Crippen LogP contribution in [0, 0.1) is 37.0 Å². The second-order valence-corrected chi connectivity index (χ2v) is 3.40. The fraction of sp³-hybridized carbons (Fsp3) is 0.462. The van der Waals surface area contributed by atoms with Gasteiger partial charge in [0.1, 0.15) is 7.85 Å². The number of rotatable bonds is 2. The van der Waals surface area contributed by atoms with E-state index in [4.69, 9.17) is 7.85 Å². The third kappa shape index (κ3) is 18.5. The molecular formula is C13H20BNOU. The summed E-state index contributed by atoms with van der Waals surface area (Å²) in [5.74, 6) is 1.42. The van der Waals surface area contributed by atoms with Crippen molar-refractivity contribution in [1.29, 1.82) is 0 Å². The molecule has 0 aromatic carbocycles. The average Bonchev–Trinajstić information content (AvgIpc) is 2.20. The number of carbonyl (C=O) groups excluding carboxylic acids is 1. The van der Waals surface area contributed by atoms with Crippen LogP contribution in [-0.2, 0) is 11.2 Å². The maximum atomic E-state index is 9.88. The van der Waals surface area contributed by atoms with Gasteiger partial charge >= 0.3 is 31.1 Å². The van der Waals surface area contributed by atoms with Crippen LogP contribution < -0.4 is 5.46 Å². The molecule has 1 aromatic heterocycles. The van der Waals surface area contributed by atoms with Gasteiger partial charge in [0.25, 0.3) is 0 Å². The van der Waals surface area contributed by atoms with Gasteiger partial charge in [-0.1, -0.05) is 31.4 Å². The van der Waals surface area contributed by atoms with E-state index in [1.54, 1.807) is 24.6 Å². The van der Waals surface area contributed by atoms with Gasteiger partial charge in [-0.3, -0.25) is 11.3 Å². The molecule has 0 aliphatic heterocycles. The fourth-order valence-electron chi connectivity index (χ4n) is 0.667. The maximum Gasteiger partial charge on any atom is 2.00 e. The number of aromatic nitrogens is 1. The molecule has 0 aliphatic rings. The van der Waals surface area contributed by atoms with Crippen LogP contribution in [0.2, 0.25) is 0 Å². The maximum absolute atomic E-state index is 9.88. The minimum absolute atomic E-state index is 0. The van der Waals surface area contributed by atoms with Crippen LogP contribution in [-0.4, -0.2) is 19.1 Å². The topological polar surface area (TPSA) is 30.0 Å². The van der Waals surface area contributed by atoms with Crippen LogP contribution in [0.3, 0.4) is 0 Å². The average molecular weight is 455 g/mol. The smallest absolute Gasteiger partial charge is 0.541 e. The van der Waals surface area contributed by atoms with Crippen molar-refractivity contribution in [2.24, 2.45) is 0 Å². The molecule has 2 radical (unpaired) electrons. The quantitative estimate of drug-likeness (QED) is 0.506. The van der Waals surface area contributed by atoms with E-state index in [-0.39, 0.29) is 37.5 Å². The molecule has 0 atom stereocenters. The molecule has 90 valence electrons. The Hall–Kier alpha value is -0.0631. The van der Waals surface area contributed by atoms with Gasteiger partial charge in [-0.15, -0.1) is 6.42 Å². The molecule has 0 amide bonds. The first-order valence-corrected chi connectivity index (χ1v) is 5.38. The second-order valence-electron chi connectivity index (χ2n) is 3.40. The molecule has 0 fully saturated rings. The van der Waals surface area contributed by atoms with Gasteiger partial charge in [-0.2, -0.15) is 20.8 Å². The van der Waals surface area contributed by atoms with Gasteiger partial charge < -0.3 is 10.7 Å². The van der Waals surface area contributed by atoms with E-state index in [0.29, 0.717) is 11.2 Å². The summed E-state index contributed by atoms with van der Waals surface area (Å²) in [5.41, 5.74) is 1.29. The van der Waals surface area contributed by atoms with Crippen molar-refractivity contribution in [1.82, 2.24) is 4.98 Å². The first-order valence-electron chi connectivity index (χ1n) is 5.38. The van der Waals surface area contributed by atoms with Crippen molar-refractivity contribution in [3.63, 3.8) is 0 Å². The second kappa shape index (κ2) is 15.9. The Morgan fingerprint density at radius 3 is 2.18 bits per heavy atom. The molecule has 1 rings (SSSR count). The summed E-state index contributed by atoms with van der Waals surface area (Å²) in [6.07, 6.45) is 3.53. The van der Waals surface area contributed by atoms with Gasteiger partial charge in [-0.25, -0.2) is 0 Å². The monoisotopic (exact) mass is 455 g/mol. The zero-order valence-electron chi connectivity index (χ0n) is 11.4. The van der Waals surface area contributed by atoms with Crippen LogP contribution in [0.15, 0.2) is 18.3 Å². The van der Waals surface area contributed by atoms with Crippen molar-refractivity contribution in [3.8, 4) is 0 Å². The standard InChI is InChI=1S/C7H5BNO.C4H9.C2H6.U/c8-6-1-3-9-7(5-6)2-4-10;1-4(2)3;1-2;/h1,3,5H,2H2;1-3H3;1-2H3;/q2*-1;;+2. The molecule has 0 aliphatic carbocycles. The van der Waals surface area contributed by atoms with Crippen LogP contribution in [0.4, 0.5) is 0 Å². The van der Waals surface area contributed by atoms with Crippen molar-refractivity contribution < 1.29 is 35.9 Å².